The van der Waals surface area contributed by atoms with Crippen molar-refractivity contribution in [2.75, 3.05) is 0 Å². The monoisotopic (exact) mass is 366 g/mol. The first-order chi connectivity index (χ1) is 11.2. The van der Waals surface area contributed by atoms with Crippen molar-refractivity contribution in [3.8, 4) is 0 Å². The zero-order valence-corrected chi connectivity index (χ0v) is 14.0. The average molecular weight is 367 g/mol. The first-order valence-electron chi connectivity index (χ1n) is 6.50. The predicted octanol–water partition coefficient (Wildman–Crippen LogP) is 3.23. The minimum Gasteiger partial charge on any atom is -0.267 e. The summed E-state index contributed by atoms with van der Waals surface area (Å²) < 4.78 is 25.5. The lowest BCUT2D eigenvalue weighted by atomic mass is 10.1. The maximum absolute atomic E-state index is 12.8. The fourth-order valence-electron chi connectivity index (χ4n) is 2.12. The molecule has 0 heterocycles. The average Bonchev–Trinajstić information content (AvgIpc) is 2.53. The van der Waals surface area contributed by atoms with Gasteiger partial charge in [-0.3, -0.25) is 14.9 Å². The molecule has 0 radical (unpaired) electrons. The smallest absolute Gasteiger partial charge is 0.267 e. The fraction of sp³-hybridized carbons (Fsp3) is 0.0667. The van der Waals surface area contributed by atoms with Gasteiger partial charge in [-0.05, 0) is 37.4 Å². The summed E-state index contributed by atoms with van der Waals surface area (Å²) in [5, 5.41) is 11.3. The molecule has 7 nitrogen and oxygen atoms in total. The van der Waals surface area contributed by atoms with E-state index in [1.54, 1.807) is 6.07 Å². The van der Waals surface area contributed by atoms with Crippen LogP contribution in [0.3, 0.4) is 0 Å². The third-order valence-electron chi connectivity index (χ3n) is 3.29. The van der Waals surface area contributed by atoms with Crippen LogP contribution in [0.2, 0.25) is 5.02 Å². The maximum Gasteiger partial charge on any atom is 0.289 e. The van der Waals surface area contributed by atoms with Crippen molar-refractivity contribution in [3.05, 3.63) is 62.7 Å². The van der Waals surface area contributed by atoms with Crippen LogP contribution in [0, 0.1) is 17.0 Å². The molecule has 2 rings (SSSR count). The number of rotatable bonds is 4. The summed E-state index contributed by atoms with van der Waals surface area (Å²) in [5.41, 5.74) is -0.592. The molecule has 0 fully saturated rings. The molecule has 0 spiro atoms. The molecular weight excluding hydrogens is 356 g/mol. The summed E-state index contributed by atoms with van der Waals surface area (Å²) in [7, 11) is -4.25. The number of hydrogen-bond donors (Lipinski definition) is 0. The third-order valence-corrected chi connectivity index (χ3v) is 5.58. The largest absolute Gasteiger partial charge is 0.289 e. The number of nitro groups is 1. The molecule has 0 aliphatic heterocycles. The van der Waals surface area contributed by atoms with Gasteiger partial charge in [-0.1, -0.05) is 23.7 Å². The van der Waals surface area contributed by atoms with E-state index in [2.05, 4.69) is 11.7 Å². The van der Waals surface area contributed by atoms with Crippen molar-refractivity contribution in [2.24, 2.45) is 4.99 Å². The first kappa shape index (κ1) is 17.8. The Labute approximate surface area is 142 Å². The molecular formula is C15H11ClN2O5S. The van der Waals surface area contributed by atoms with Crippen molar-refractivity contribution in [1.29, 1.82) is 0 Å². The number of nitro benzene ring substituents is 1. The first-order valence-corrected chi connectivity index (χ1v) is 8.36. The van der Waals surface area contributed by atoms with Gasteiger partial charge in [0.25, 0.3) is 11.6 Å². The zero-order valence-electron chi connectivity index (χ0n) is 12.4. The molecule has 0 aliphatic rings. The Morgan fingerprint density at radius 3 is 2.42 bits per heavy atom. The number of nitrogens with zero attached hydrogens (tertiary/aromatic N) is 2. The number of carbonyl (C=O) groups is 1. The molecule has 0 saturated heterocycles. The zero-order chi connectivity index (χ0) is 18.1. The maximum atomic E-state index is 12.8. The molecule has 9 heteroatoms. The van der Waals surface area contributed by atoms with Crippen molar-refractivity contribution in [3.63, 3.8) is 0 Å². The molecule has 0 aromatic heterocycles. The van der Waals surface area contributed by atoms with E-state index in [1.807, 2.05) is 0 Å². The van der Waals surface area contributed by atoms with Gasteiger partial charge in [0.1, 0.15) is 4.90 Å². The van der Waals surface area contributed by atoms with Gasteiger partial charge in [0.15, 0.2) is 0 Å². The van der Waals surface area contributed by atoms with E-state index < -0.39 is 31.3 Å². The van der Waals surface area contributed by atoms with Crippen LogP contribution in [0.5, 0.6) is 0 Å². The topological polar surface area (TPSA) is 107 Å². The number of aryl methyl sites for hydroxylation is 1. The van der Waals surface area contributed by atoms with Crippen LogP contribution in [-0.2, 0) is 9.84 Å². The van der Waals surface area contributed by atoms with Gasteiger partial charge in [0, 0.05) is 6.07 Å². The minimum atomic E-state index is -4.25. The van der Waals surface area contributed by atoms with Crippen LogP contribution < -0.4 is 0 Å². The summed E-state index contributed by atoms with van der Waals surface area (Å²) in [4.78, 5) is 24.5. The van der Waals surface area contributed by atoms with E-state index in [4.69, 9.17) is 11.6 Å². The molecule has 124 valence electrons. The highest BCUT2D eigenvalue weighted by Gasteiger charge is 2.31. The minimum absolute atomic E-state index is 0.0580. The fourth-order valence-corrected chi connectivity index (χ4v) is 4.13. The normalized spacial score (nSPS) is 11.1. The Kier molecular flexibility index (Phi) is 4.81. The van der Waals surface area contributed by atoms with Crippen LogP contribution in [-0.4, -0.2) is 26.0 Å². The van der Waals surface area contributed by atoms with Gasteiger partial charge in [-0.2, -0.15) is 0 Å². The van der Waals surface area contributed by atoms with Crippen LogP contribution in [0.4, 0.5) is 5.69 Å². The van der Waals surface area contributed by atoms with Gasteiger partial charge >= 0.3 is 0 Å². The van der Waals surface area contributed by atoms with Gasteiger partial charge in [-0.25, -0.2) is 13.4 Å². The van der Waals surface area contributed by atoms with E-state index >= 15 is 0 Å². The Morgan fingerprint density at radius 1 is 1.25 bits per heavy atom. The van der Waals surface area contributed by atoms with Crippen molar-refractivity contribution >= 4 is 39.8 Å². The third kappa shape index (κ3) is 3.06. The highest BCUT2D eigenvalue weighted by atomic mass is 35.5. The molecule has 0 atom stereocenters. The van der Waals surface area contributed by atoms with Gasteiger partial charge in [0.05, 0.1) is 20.4 Å². The van der Waals surface area contributed by atoms with Gasteiger partial charge in [-0.15, -0.1) is 0 Å². The molecule has 2 aromatic rings. The predicted molar refractivity (Wildman–Crippen MR) is 88.6 cm³/mol. The highest BCUT2D eigenvalue weighted by molar-refractivity contribution is 7.91. The van der Waals surface area contributed by atoms with Crippen molar-refractivity contribution < 1.29 is 18.1 Å². The molecule has 0 unspecified atom stereocenters. The number of hydrogen-bond acceptors (Lipinski definition) is 5. The van der Waals surface area contributed by atoms with Crippen LogP contribution in [0.25, 0.3) is 0 Å². The molecule has 0 N–H and O–H groups in total. The van der Waals surface area contributed by atoms with Crippen molar-refractivity contribution in [1.82, 2.24) is 0 Å². The lowest BCUT2D eigenvalue weighted by Crippen LogP contribution is -2.09. The van der Waals surface area contributed by atoms with Crippen molar-refractivity contribution in [2.45, 2.75) is 16.7 Å². The van der Waals surface area contributed by atoms with Gasteiger partial charge in [0.2, 0.25) is 9.84 Å². The Hall–Kier alpha value is -2.58. The summed E-state index contributed by atoms with van der Waals surface area (Å²) in [6, 6.07) is 7.56. The van der Waals surface area contributed by atoms with Crippen LogP contribution in [0.1, 0.15) is 15.9 Å². The Balaban J connectivity index is 2.81. The Bertz CT molecular complexity index is 970. The molecule has 0 aliphatic carbocycles. The molecule has 24 heavy (non-hydrogen) atoms. The van der Waals surface area contributed by atoms with Crippen LogP contribution in [0.15, 0.2) is 51.2 Å². The van der Waals surface area contributed by atoms with E-state index in [-0.39, 0.29) is 21.0 Å². The van der Waals surface area contributed by atoms with E-state index in [1.165, 1.54) is 25.1 Å². The van der Waals surface area contributed by atoms with Gasteiger partial charge < -0.3 is 0 Å². The number of benzene rings is 2. The second-order valence-corrected chi connectivity index (χ2v) is 7.08. The van der Waals surface area contributed by atoms with E-state index in [0.717, 1.165) is 12.1 Å². The molecule has 0 bridgehead atoms. The highest BCUT2D eigenvalue weighted by Crippen LogP contribution is 2.34. The molecule has 1 amide bonds. The summed E-state index contributed by atoms with van der Waals surface area (Å²) >= 11 is 5.91. The summed E-state index contributed by atoms with van der Waals surface area (Å²) in [5.74, 6) is -0.780. The number of amides is 1. The summed E-state index contributed by atoms with van der Waals surface area (Å²) in [6.07, 6.45) is 0. The second-order valence-electron chi connectivity index (χ2n) is 4.79. The SMILES string of the molecule is C=NC(=O)c1cc([N+](=O)[O-])c(S(=O)(=O)c2ccccc2Cl)cc1C. The molecule has 0 saturated carbocycles. The summed E-state index contributed by atoms with van der Waals surface area (Å²) in [6.45, 7) is 4.53. The lowest BCUT2D eigenvalue weighted by molar-refractivity contribution is -0.387. The standard InChI is InChI=1S/C15H11ClN2O5S/c1-9-7-14(12(18(20)21)8-10(9)15(19)17-2)24(22,23)13-6-4-3-5-11(13)16/h3-8H,2H2,1H3. The van der Waals surface area contributed by atoms with E-state index in [9.17, 15) is 23.3 Å². The van der Waals surface area contributed by atoms with E-state index in [0.29, 0.717) is 0 Å². The Morgan fingerprint density at radius 2 is 1.88 bits per heavy atom. The second kappa shape index (κ2) is 6.50. The quantitative estimate of drug-likeness (QED) is 0.469. The number of sulfone groups is 1. The lowest BCUT2D eigenvalue weighted by Gasteiger charge is -2.10. The number of carbonyl (C=O) groups excluding carboxylic acids is 1. The molecule has 2 aromatic carbocycles. The van der Waals surface area contributed by atoms with Crippen LogP contribution >= 0.6 is 11.6 Å². The number of aliphatic imine (C=N–C) groups is 1. The number of halogens is 1.